The molecule has 7 nitrogen and oxygen atoms in total. The van der Waals surface area contributed by atoms with Gasteiger partial charge in [-0.15, -0.1) is 0 Å². The highest BCUT2D eigenvalue weighted by Gasteiger charge is 2.43. The van der Waals surface area contributed by atoms with Crippen LogP contribution in [0.1, 0.15) is 18.4 Å². The third-order valence-electron chi connectivity index (χ3n) is 5.75. The first kappa shape index (κ1) is 19.0. The van der Waals surface area contributed by atoms with Crippen molar-refractivity contribution in [2.45, 2.75) is 18.9 Å². The van der Waals surface area contributed by atoms with Gasteiger partial charge in [0.1, 0.15) is 11.4 Å². The second kappa shape index (κ2) is 7.93. The molecule has 3 aliphatic rings. The van der Waals surface area contributed by atoms with Crippen molar-refractivity contribution in [1.82, 2.24) is 14.7 Å². The van der Waals surface area contributed by atoms with Crippen LogP contribution in [0.2, 0.25) is 0 Å². The number of benzene rings is 1. The van der Waals surface area contributed by atoms with E-state index >= 15 is 0 Å². The van der Waals surface area contributed by atoms with E-state index in [2.05, 4.69) is 16.8 Å². The maximum Gasteiger partial charge on any atom is 0.277 e. The van der Waals surface area contributed by atoms with Gasteiger partial charge in [-0.25, -0.2) is 0 Å². The maximum absolute atomic E-state index is 13.3. The average Bonchev–Trinajstić information content (AvgIpc) is 3.31. The summed E-state index contributed by atoms with van der Waals surface area (Å²) in [5, 5.41) is 0. The van der Waals surface area contributed by atoms with Crippen molar-refractivity contribution in [2.75, 3.05) is 53.5 Å². The second-order valence-corrected chi connectivity index (χ2v) is 7.60. The molecule has 1 atom stereocenters. The Morgan fingerprint density at radius 2 is 1.79 bits per heavy atom. The van der Waals surface area contributed by atoms with E-state index in [-0.39, 0.29) is 17.9 Å². The van der Waals surface area contributed by atoms with E-state index in [9.17, 15) is 9.59 Å². The van der Waals surface area contributed by atoms with E-state index in [0.717, 1.165) is 50.3 Å². The molecule has 0 bridgehead atoms. The van der Waals surface area contributed by atoms with Crippen LogP contribution in [0.25, 0.3) is 5.57 Å². The lowest BCUT2D eigenvalue weighted by Gasteiger charge is -2.34. The van der Waals surface area contributed by atoms with Crippen molar-refractivity contribution < 1.29 is 19.1 Å². The Hall–Kier alpha value is -2.38. The molecule has 0 N–H and O–H groups in total. The minimum absolute atomic E-state index is 0.0585. The molecule has 28 heavy (non-hydrogen) atoms. The van der Waals surface area contributed by atoms with E-state index in [0.29, 0.717) is 24.4 Å². The fourth-order valence-electron chi connectivity index (χ4n) is 4.06. The van der Waals surface area contributed by atoms with Crippen molar-refractivity contribution in [3.63, 3.8) is 0 Å². The third kappa shape index (κ3) is 3.52. The zero-order chi connectivity index (χ0) is 19.7. The maximum atomic E-state index is 13.3. The molecule has 4 rings (SSSR count). The predicted molar refractivity (Wildman–Crippen MR) is 105 cm³/mol. The van der Waals surface area contributed by atoms with Crippen LogP contribution in [0.3, 0.4) is 0 Å². The highest BCUT2D eigenvalue weighted by Crippen LogP contribution is 2.33. The van der Waals surface area contributed by atoms with E-state index in [1.165, 1.54) is 4.90 Å². The third-order valence-corrected chi connectivity index (χ3v) is 5.75. The molecule has 0 aromatic heterocycles. The standard InChI is InChI=1S/C21H27N3O4/c1-22-9-11-23(12-10-22)19-18(15-5-7-16(27-2)8-6-15)20(25)24(21(19)26)14-17-4-3-13-28-17/h5-8,17H,3-4,9-14H2,1-2H3. The molecule has 0 aliphatic carbocycles. The van der Waals surface area contributed by atoms with Gasteiger partial charge >= 0.3 is 0 Å². The van der Waals surface area contributed by atoms with E-state index in [1.54, 1.807) is 7.11 Å². The number of likely N-dealkylation sites (N-methyl/N-ethyl adjacent to an activating group) is 1. The predicted octanol–water partition coefficient (Wildman–Crippen LogP) is 1.20. The van der Waals surface area contributed by atoms with Crippen molar-refractivity contribution in [1.29, 1.82) is 0 Å². The Bertz CT molecular complexity index is 775. The Balaban J connectivity index is 1.68. The lowest BCUT2D eigenvalue weighted by Crippen LogP contribution is -2.46. The molecule has 1 unspecified atom stereocenters. The molecule has 0 radical (unpaired) electrons. The molecular weight excluding hydrogens is 358 g/mol. The number of piperazine rings is 1. The summed E-state index contributed by atoms with van der Waals surface area (Å²) >= 11 is 0. The summed E-state index contributed by atoms with van der Waals surface area (Å²) < 4.78 is 10.9. The van der Waals surface area contributed by atoms with Crippen LogP contribution in [-0.2, 0) is 14.3 Å². The highest BCUT2D eigenvalue weighted by atomic mass is 16.5. The zero-order valence-electron chi connectivity index (χ0n) is 16.5. The van der Waals surface area contributed by atoms with Gasteiger partial charge in [0, 0.05) is 32.8 Å². The second-order valence-electron chi connectivity index (χ2n) is 7.60. The molecule has 2 amide bonds. The molecule has 150 valence electrons. The smallest absolute Gasteiger partial charge is 0.277 e. The molecule has 1 aromatic carbocycles. The summed E-state index contributed by atoms with van der Waals surface area (Å²) in [6.45, 7) is 4.23. The van der Waals surface area contributed by atoms with Crippen LogP contribution < -0.4 is 4.74 Å². The highest BCUT2D eigenvalue weighted by molar-refractivity contribution is 6.35. The van der Waals surface area contributed by atoms with Crippen LogP contribution in [-0.4, -0.2) is 86.1 Å². The number of imide groups is 1. The Kier molecular flexibility index (Phi) is 5.37. The van der Waals surface area contributed by atoms with Gasteiger partial charge in [0.2, 0.25) is 0 Å². The number of rotatable bonds is 5. The first-order valence-electron chi connectivity index (χ1n) is 9.88. The van der Waals surface area contributed by atoms with E-state index in [4.69, 9.17) is 9.47 Å². The number of nitrogens with zero attached hydrogens (tertiary/aromatic N) is 3. The van der Waals surface area contributed by atoms with Crippen LogP contribution in [0.4, 0.5) is 0 Å². The first-order valence-corrected chi connectivity index (χ1v) is 9.88. The molecule has 0 saturated carbocycles. The Labute approximate surface area is 165 Å². The average molecular weight is 385 g/mol. The van der Waals surface area contributed by atoms with E-state index in [1.807, 2.05) is 24.3 Å². The molecule has 3 heterocycles. The number of hydrogen-bond acceptors (Lipinski definition) is 6. The quantitative estimate of drug-likeness (QED) is 0.710. The van der Waals surface area contributed by atoms with Gasteiger partial charge in [-0.2, -0.15) is 0 Å². The van der Waals surface area contributed by atoms with Gasteiger partial charge in [0.15, 0.2) is 0 Å². The van der Waals surface area contributed by atoms with Crippen LogP contribution in [0.15, 0.2) is 30.0 Å². The topological polar surface area (TPSA) is 62.3 Å². The number of ether oxygens (including phenoxy) is 2. The lowest BCUT2D eigenvalue weighted by atomic mass is 10.0. The summed E-state index contributed by atoms with van der Waals surface area (Å²) in [5.41, 5.74) is 1.78. The number of amides is 2. The van der Waals surface area contributed by atoms with Crippen molar-refractivity contribution in [3.05, 3.63) is 35.5 Å². The summed E-state index contributed by atoms with van der Waals surface area (Å²) in [7, 11) is 3.68. The normalized spacial score (nSPS) is 23.9. The van der Waals surface area contributed by atoms with Gasteiger partial charge in [-0.05, 0) is 37.6 Å². The van der Waals surface area contributed by atoms with Gasteiger partial charge in [0.05, 0.1) is 25.3 Å². The zero-order valence-corrected chi connectivity index (χ0v) is 16.5. The fraction of sp³-hybridized carbons (Fsp3) is 0.524. The minimum Gasteiger partial charge on any atom is -0.497 e. The molecular formula is C21H27N3O4. The summed E-state index contributed by atoms with van der Waals surface area (Å²) in [6.07, 6.45) is 1.81. The van der Waals surface area contributed by atoms with Gasteiger partial charge in [0.25, 0.3) is 11.8 Å². The monoisotopic (exact) mass is 385 g/mol. The lowest BCUT2D eigenvalue weighted by molar-refractivity contribution is -0.139. The molecule has 7 heteroatoms. The minimum atomic E-state index is -0.223. The molecule has 0 spiro atoms. The fourth-order valence-corrected chi connectivity index (χ4v) is 4.06. The van der Waals surface area contributed by atoms with Crippen LogP contribution in [0, 0.1) is 0 Å². The van der Waals surface area contributed by atoms with Crippen LogP contribution in [0.5, 0.6) is 5.75 Å². The molecule has 2 fully saturated rings. The summed E-state index contributed by atoms with van der Waals surface area (Å²) in [5.74, 6) is 0.300. The summed E-state index contributed by atoms with van der Waals surface area (Å²) in [4.78, 5) is 32.3. The number of carbonyl (C=O) groups is 2. The van der Waals surface area contributed by atoms with Gasteiger partial charge in [-0.3, -0.25) is 14.5 Å². The van der Waals surface area contributed by atoms with E-state index < -0.39 is 0 Å². The molecule has 1 aromatic rings. The molecule has 3 aliphatic heterocycles. The largest absolute Gasteiger partial charge is 0.497 e. The number of carbonyl (C=O) groups excluding carboxylic acids is 2. The summed E-state index contributed by atoms with van der Waals surface area (Å²) in [6, 6.07) is 7.35. The van der Waals surface area contributed by atoms with Crippen molar-refractivity contribution in [2.24, 2.45) is 0 Å². The van der Waals surface area contributed by atoms with Gasteiger partial charge < -0.3 is 19.3 Å². The Morgan fingerprint density at radius 1 is 1.07 bits per heavy atom. The first-order chi connectivity index (χ1) is 13.6. The van der Waals surface area contributed by atoms with Gasteiger partial charge in [-0.1, -0.05) is 12.1 Å². The number of methoxy groups -OCH3 is 1. The molecule has 2 saturated heterocycles. The number of hydrogen-bond donors (Lipinski definition) is 0. The van der Waals surface area contributed by atoms with Crippen molar-refractivity contribution in [3.8, 4) is 5.75 Å². The SMILES string of the molecule is COc1ccc(C2=C(N3CCN(C)CC3)C(=O)N(CC3CCCO3)C2=O)cc1. The van der Waals surface area contributed by atoms with Crippen molar-refractivity contribution >= 4 is 17.4 Å². The van der Waals surface area contributed by atoms with Crippen LogP contribution >= 0.6 is 0 Å². The Morgan fingerprint density at radius 3 is 2.39 bits per heavy atom.